The molecule has 31 heavy (non-hydrogen) atoms. The lowest BCUT2D eigenvalue weighted by molar-refractivity contribution is -0.885. The first-order valence-electron chi connectivity index (χ1n) is 10.5. The molecular weight excluding hydrogens is 390 g/mol. The van der Waals surface area contributed by atoms with Crippen LogP contribution >= 0.6 is 0 Å². The van der Waals surface area contributed by atoms with Gasteiger partial charge >= 0.3 is 0 Å². The molecule has 0 bridgehead atoms. The summed E-state index contributed by atoms with van der Waals surface area (Å²) in [5, 5.41) is 6.32. The minimum Gasteiger partial charge on any atom is -0.497 e. The third-order valence-electron chi connectivity index (χ3n) is 5.54. The molecule has 0 saturated heterocycles. The van der Waals surface area contributed by atoms with Gasteiger partial charge in [-0.2, -0.15) is 5.10 Å². The molecule has 0 radical (unpaired) electrons. The number of hydrogen-bond acceptors (Lipinski definition) is 4. The second kappa shape index (κ2) is 9.18. The number of hydrogen-bond donors (Lipinski definition) is 1. The summed E-state index contributed by atoms with van der Waals surface area (Å²) in [6.45, 7) is 3.14. The van der Waals surface area contributed by atoms with Crippen molar-refractivity contribution in [3.05, 3.63) is 89.4 Å². The van der Waals surface area contributed by atoms with Crippen molar-refractivity contribution in [2.75, 3.05) is 20.7 Å². The Morgan fingerprint density at radius 3 is 2.55 bits per heavy atom. The van der Waals surface area contributed by atoms with Crippen LogP contribution in [0.2, 0.25) is 0 Å². The number of quaternary nitrogens is 1. The highest BCUT2D eigenvalue weighted by molar-refractivity contribution is 6.03. The molecule has 2 atom stereocenters. The van der Waals surface area contributed by atoms with E-state index in [1.54, 1.807) is 18.4 Å². The highest BCUT2D eigenvalue weighted by atomic mass is 16.5. The standard InChI is InChI=1S/C25H27N3O3/c1-18-6-10-20(11-7-18)22-15-23(24-5-4-14-31-24)28(26-22)25(29)17-27(2)16-19-8-12-21(30-3)13-9-19/h4-14,23H,15-17H2,1-3H3/p+1/t23-/m0/s1. The predicted octanol–water partition coefficient (Wildman–Crippen LogP) is 2.99. The number of rotatable bonds is 7. The second-order valence-corrected chi connectivity index (χ2v) is 8.05. The summed E-state index contributed by atoms with van der Waals surface area (Å²) in [6.07, 6.45) is 2.28. The van der Waals surface area contributed by atoms with Gasteiger partial charge in [-0.25, -0.2) is 5.01 Å². The largest absolute Gasteiger partial charge is 0.497 e. The number of benzene rings is 2. The Kier molecular flexibility index (Phi) is 6.18. The van der Waals surface area contributed by atoms with Gasteiger partial charge in [-0.1, -0.05) is 29.8 Å². The second-order valence-electron chi connectivity index (χ2n) is 8.05. The normalized spacial score (nSPS) is 16.8. The molecule has 1 aromatic heterocycles. The molecule has 6 heteroatoms. The number of aryl methyl sites for hydroxylation is 1. The summed E-state index contributed by atoms with van der Waals surface area (Å²) >= 11 is 0. The van der Waals surface area contributed by atoms with Crippen LogP contribution in [0.25, 0.3) is 0 Å². The van der Waals surface area contributed by atoms with Gasteiger partial charge in [-0.3, -0.25) is 4.79 Å². The summed E-state index contributed by atoms with van der Waals surface area (Å²) in [7, 11) is 3.67. The monoisotopic (exact) mass is 418 g/mol. The van der Waals surface area contributed by atoms with Crippen molar-refractivity contribution >= 4 is 11.6 Å². The number of hydrazone groups is 1. The number of carbonyl (C=O) groups is 1. The van der Waals surface area contributed by atoms with Crippen LogP contribution in [-0.2, 0) is 11.3 Å². The first kappa shape index (κ1) is 20.9. The number of carbonyl (C=O) groups excluding carboxylic acids is 1. The Labute approximate surface area is 182 Å². The number of methoxy groups -OCH3 is 1. The number of nitrogens with one attached hydrogen (secondary N) is 1. The van der Waals surface area contributed by atoms with Crippen molar-refractivity contribution in [3.8, 4) is 5.75 Å². The third-order valence-corrected chi connectivity index (χ3v) is 5.54. The van der Waals surface area contributed by atoms with Gasteiger partial charge in [0.15, 0.2) is 6.54 Å². The van der Waals surface area contributed by atoms with Crippen molar-refractivity contribution in [1.29, 1.82) is 0 Å². The van der Waals surface area contributed by atoms with E-state index in [1.807, 2.05) is 43.4 Å². The van der Waals surface area contributed by atoms with Crippen LogP contribution in [0, 0.1) is 6.92 Å². The highest BCUT2D eigenvalue weighted by Crippen LogP contribution is 2.32. The molecule has 0 saturated carbocycles. The number of likely N-dealkylation sites (N-methyl/N-ethyl adjacent to an activating group) is 1. The fraction of sp³-hybridized carbons (Fsp3) is 0.280. The Hall–Kier alpha value is -3.38. The van der Waals surface area contributed by atoms with E-state index in [2.05, 4.69) is 31.2 Å². The van der Waals surface area contributed by atoms with E-state index in [1.165, 1.54) is 5.56 Å². The van der Waals surface area contributed by atoms with Crippen LogP contribution in [-0.4, -0.2) is 37.3 Å². The summed E-state index contributed by atoms with van der Waals surface area (Å²) in [6, 6.07) is 19.7. The Morgan fingerprint density at radius 1 is 1.16 bits per heavy atom. The molecule has 1 amide bonds. The maximum Gasteiger partial charge on any atom is 0.298 e. The maximum absolute atomic E-state index is 13.2. The van der Waals surface area contributed by atoms with Crippen molar-refractivity contribution in [2.45, 2.75) is 25.9 Å². The molecule has 2 aromatic carbocycles. The number of nitrogens with zero attached hydrogens (tertiary/aromatic N) is 2. The average molecular weight is 419 g/mol. The van der Waals surface area contributed by atoms with Gasteiger partial charge in [-0.15, -0.1) is 0 Å². The van der Waals surface area contributed by atoms with Crippen LogP contribution in [0.4, 0.5) is 0 Å². The van der Waals surface area contributed by atoms with Crippen molar-refractivity contribution in [3.63, 3.8) is 0 Å². The van der Waals surface area contributed by atoms with E-state index < -0.39 is 0 Å². The zero-order valence-corrected chi connectivity index (χ0v) is 18.2. The zero-order chi connectivity index (χ0) is 21.8. The SMILES string of the molecule is COc1ccc(C[NH+](C)CC(=O)N2N=C(c3ccc(C)cc3)C[C@H]2c2ccco2)cc1. The van der Waals surface area contributed by atoms with E-state index in [-0.39, 0.29) is 11.9 Å². The molecule has 0 spiro atoms. The van der Waals surface area contributed by atoms with E-state index >= 15 is 0 Å². The first-order chi connectivity index (χ1) is 15.0. The van der Waals surface area contributed by atoms with Gasteiger partial charge in [0, 0.05) is 12.0 Å². The fourth-order valence-electron chi connectivity index (χ4n) is 3.86. The van der Waals surface area contributed by atoms with E-state index in [0.29, 0.717) is 13.0 Å². The van der Waals surface area contributed by atoms with Gasteiger partial charge in [0.05, 0.1) is 26.1 Å². The smallest absolute Gasteiger partial charge is 0.298 e. The molecular formula is C25H28N3O3+. The molecule has 4 rings (SSSR count). The summed E-state index contributed by atoms with van der Waals surface area (Å²) in [5.41, 5.74) is 4.29. The Morgan fingerprint density at radius 2 is 1.90 bits per heavy atom. The Balaban J connectivity index is 1.49. The average Bonchev–Trinajstić information content (AvgIpc) is 3.45. The number of furan rings is 1. The van der Waals surface area contributed by atoms with Gasteiger partial charge in [0.1, 0.15) is 24.1 Å². The Bertz CT molecular complexity index is 1040. The summed E-state index contributed by atoms with van der Waals surface area (Å²) in [4.78, 5) is 14.3. The lowest BCUT2D eigenvalue weighted by atomic mass is 10.0. The molecule has 3 aromatic rings. The van der Waals surface area contributed by atoms with Gasteiger partial charge < -0.3 is 14.1 Å². The van der Waals surface area contributed by atoms with E-state index in [9.17, 15) is 4.79 Å². The van der Waals surface area contributed by atoms with Gasteiger partial charge in [0.2, 0.25) is 0 Å². The van der Waals surface area contributed by atoms with E-state index in [0.717, 1.165) is 39.8 Å². The third kappa shape index (κ3) is 4.86. The van der Waals surface area contributed by atoms with Crippen molar-refractivity contribution in [2.24, 2.45) is 5.10 Å². The summed E-state index contributed by atoms with van der Waals surface area (Å²) < 4.78 is 10.9. The molecule has 160 valence electrons. The van der Waals surface area contributed by atoms with Crippen LogP contribution in [0.1, 0.15) is 34.9 Å². The van der Waals surface area contributed by atoms with Crippen LogP contribution < -0.4 is 9.64 Å². The zero-order valence-electron chi connectivity index (χ0n) is 18.2. The van der Waals surface area contributed by atoms with Crippen LogP contribution in [0.15, 0.2) is 76.4 Å². The van der Waals surface area contributed by atoms with Gasteiger partial charge in [-0.05, 0) is 48.9 Å². The van der Waals surface area contributed by atoms with Crippen molar-refractivity contribution < 1.29 is 18.8 Å². The van der Waals surface area contributed by atoms with Crippen LogP contribution in [0.3, 0.4) is 0 Å². The fourth-order valence-corrected chi connectivity index (χ4v) is 3.86. The molecule has 0 aliphatic carbocycles. The number of ether oxygens (including phenoxy) is 1. The number of amides is 1. The molecule has 6 nitrogen and oxygen atoms in total. The lowest BCUT2D eigenvalue weighted by Gasteiger charge is -2.21. The highest BCUT2D eigenvalue weighted by Gasteiger charge is 2.35. The summed E-state index contributed by atoms with van der Waals surface area (Å²) in [5.74, 6) is 1.57. The maximum atomic E-state index is 13.2. The topological polar surface area (TPSA) is 59.5 Å². The molecule has 1 aliphatic rings. The van der Waals surface area contributed by atoms with Crippen LogP contribution in [0.5, 0.6) is 5.75 Å². The first-order valence-corrected chi connectivity index (χ1v) is 10.5. The molecule has 1 aliphatic heterocycles. The van der Waals surface area contributed by atoms with E-state index in [4.69, 9.17) is 14.3 Å². The predicted molar refractivity (Wildman–Crippen MR) is 119 cm³/mol. The minimum atomic E-state index is -0.215. The molecule has 2 heterocycles. The van der Waals surface area contributed by atoms with Crippen molar-refractivity contribution in [1.82, 2.24) is 5.01 Å². The molecule has 0 fully saturated rings. The quantitative estimate of drug-likeness (QED) is 0.642. The minimum absolute atomic E-state index is 0.0190. The lowest BCUT2D eigenvalue weighted by Crippen LogP contribution is -3.08. The molecule has 1 N–H and O–H groups in total. The molecule has 1 unspecified atom stereocenters. The van der Waals surface area contributed by atoms with Gasteiger partial charge in [0.25, 0.3) is 5.91 Å².